The maximum atomic E-state index is 9.01. The molecule has 0 aromatic heterocycles. The van der Waals surface area contributed by atoms with Gasteiger partial charge in [0.05, 0.1) is 0 Å². The van der Waals surface area contributed by atoms with Crippen LogP contribution < -0.4 is 0 Å². The Bertz CT molecular complexity index is 101. The molecule has 2 nitrogen and oxygen atoms in total. The van der Waals surface area contributed by atoms with Gasteiger partial charge in [-0.15, -0.1) is 0 Å². The van der Waals surface area contributed by atoms with E-state index >= 15 is 0 Å². The molecule has 0 fully saturated rings. The number of aliphatic hydroxyl groups excluding tert-OH is 1. The molecule has 0 aromatic rings. The van der Waals surface area contributed by atoms with Crippen LogP contribution in [0, 0.1) is 0 Å². The first-order valence-corrected chi connectivity index (χ1v) is 2.59. The number of hydrogen-bond donors (Lipinski definition) is 1. The second-order valence-corrected chi connectivity index (χ2v) is 2.22. The van der Waals surface area contributed by atoms with Gasteiger partial charge in [0.2, 0.25) is 0 Å². The normalized spacial score (nSPS) is 8.50. The molecule has 0 heterocycles. The lowest BCUT2D eigenvalue weighted by Gasteiger charge is -2.11. The molecule has 0 bridgehead atoms. The fourth-order valence-corrected chi connectivity index (χ4v) is 0.447. The third kappa shape index (κ3) is 1.87. The molecule has 1 N–H and O–H groups in total. The highest BCUT2D eigenvalue weighted by Crippen LogP contribution is 1.99. The topological polar surface area (TPSA) is 23.5 Å². The van der Waals surface area contributed by atoms with Crippen molar-refractivity contribution >= 4 is 0 Å². The minimum absolute atomic E-state index is 0.352. The van der Waals surface area contributed by atoms with Crippen LogP contribution in [0.2, 0.25) is 0 Å². The minimum Gasteiger partial charge on any atom is -0.495 e. The summed E-state index contributed by atoms with van der Waals surface area (Å²) in [6, 6.07) is 0. The van der Waals surface area contributed by atoms with Gasteiger partial charge in [-0.1, -0.05) is 0 Å². The number of allylic oxidation sites excluding steroid dienone is 1. The van der Waals surface area contributed by atoms with E-state index in [9.17, 15) is 0 Å². The Morgan fingerprint density at radius 3 is 1.62 bits per heavy atom. The van der Waals surface area contributed by atoms with Crippen LogP contribution in [0.4, 0.5) is 0 Å². The zero-order valence-electron chi connectivity index (χ0n) is 5.89. The van der Waals surface area contributed by atoms with Crippen molar-refractivity contribution in [2.75, 3.05) is 14.1 Å². The van der Waals surface area contributed by atoms with Gasteiger partial charge < -0.3 is 10.0 Å². The Labute approximate surface area is 50.4 Å². The first-order chi connectivity index (χ1) is 3.55. The number of nitrogens with zero attached hydrogens (tertiary/aromatic N) is 1. The van der Waals surface area contributed by atoms with Crippen LogP contribution in [0.3, 0.4) is 0 Å². The zero-order valence-corrected chi connectivity index (χ0v) is 5.89. The van der Waals surface area contributed by atoms with E-state index < -0.39 is 0 Å². The summed E-state index contributed by atoms with van der Waals surface area (Å²) in [7, 11) is 3.62. The second kappa shape index (κ2) is 2.60. The summed E-state index contributed by atoms with van der Waals surface area (Å²) in [4.78, 5) is 1.68. The number of rotatable bonds is 1. The molecule has 0 saturated carbocycles. The highest BCUT2D eigenvalue weighted by molar-refractivity contribution is 4.97. The lowest BCUT2D eigenvalue weighted by atomic mass is 10.3. The SMILES string of the molecule is CC(C)=C(O)N(C)C. The smallest absolute Gasteiger partial charge is 0.184 e. The Morgan fingerprint density at radius 2 is 1.62 bits per heavy atom. The van der Waals surface area contributed by atoms with Crippen molar-refractivity contribution in [3.05, 3.63) is 11.5 Å². The predicted octanol–water partition coefficient (Wildman–Crippen LogP) is 1.36. The van der Waals surface area contributed by atoms with E-state index in [0.29, 0.717) is 5.88 Å². The summed E-state index contributed by atoms with van der Waals surface area (Å²) in [5.41, 5.74) is 0.940. The molecule has 0 aliphatic rings. The van der Waals surface area contributed by atoms with Gasteiger partial charge in [0, 0.05) is 14.1 Å². The molecule has 0 spiro atoms. The van der Waals surface area contributed by atoms with E-state index in [1.807, 2.05) is 27.9 Å². The molecular weight excluding hydrogens is 102 g/mol. The van der Waals surface area contributed by atoms with Crippen LogP contribution in [0.5, 0.6) is 0 Å². The van der Waals surface area contributed by atoms with Gasteiger partial charge in [0.1, 0.15) is 0 Å². The summed E-state index contributed by atoms with van der Waals surface area (Å²) in [5.74, 6) is 0.352. The molecule has 0 radical (unpaired) electrons. The van der Waals surface area contributed by atoms with E-state index in [1.165, 1.54) is 0 Å². The molecule has 8 heavy (non-hydrogen) atoms. The molecule has 48 valence electrons. The molecule has 2 heteroatoms. The standard InChI is InChI=1S/C6H13NO/c1-5(2)6(8)7(3)4/h8H,1-4H3. The summed E-state index contributed by atoms with van der Waals surface area (Å²) in [6.45, 7) is 3.74. The lowest BCUT2D eigenvalue weighted by Crippen LogP contribution is -2.11. The van der Waals surface area contributed by atoms with Crippen molar-refractivity contribution in [1.82, 2.24) is 4.90 Å². The first kappa shape index (κ1) is 7.34. The van der Waals surface area contributed by atoms with Crippen LogP contribution >= 0.6 is 0 Å². The third-order valence-corrected chi connectivity index (χ3v) is 0.871. The van der Waals surface area contributed by atoms with Gasteiger partial charge in [-0.3, -0.25) is 0 Å². The third-order valence-electron chi connectivity index (χ3n) is 0.871. The summed E-state index contributed by atoms with van der Waals surface area (Å²) < 4.78 is 0. The van der Waals surface area contributed by atoms with E-state index in [0.717, 1.165) is 5.57 Å². The monoisotopic (exact) mass is 115 g/mol. The predicted molar refractivity (Wildman–Crippen MR) is 34.7 cm³/mol. The second-order valence-electron chi connectivity index (χ2n) is 2.22. The van der Waals surface area contributed by atoms with Crippen molar-refractivity contribution < 1.29 is 5.11 Å². The van der Waals surface area contributed by atoms with Crippen molar-refractivity contribution in [2.45, 2.75) is 13.8 Å². The summed E-state index contributed by atoms with van der Waals surface area (Å²) in [5, 5.41) is 9.01. The van der Waals surface area contributed by atoms with Gasteiger partial charge in [0.15, 0.2) is 5.88 Å². The summed E-state index contributed by atoms with van der Waals surface area (Å²) in [6.07, 6.45) is 0. The van der Waals surface area contributed by atoms with Crippen molar-refractivity contribution in [1.29, 1.82) is 0 Å². The number of aliphatic hydroxyl groups is 1. The Kier molecular flexibility index (Phi) is 2.38. The van der Waals surface area contributed by atoms with Crippen LogP contribution in [0.25, 0.3) is 0 Å². The molecular formula is C6H13NO. The first-order valence-electron chi connectivity index (χ1n) is 2.59. The molecule has 0 rings (SSSR count). The fraction of sp³-hybridized carbons (Fsp3) is 0.667. The van der Waals surface area contributed by atoms with E-state index in [-0.39, 0.29) is 0 Å². The molecule has 0 unspecified atom stereocenters. The summed E-state index contributed by atoms with van der Waals surface area (Å²) >= 11 is 0. The lowest BCUT2D eigenvalue weighted by molar-refractivity contribution is 0.258. The average Bonchev–Trinajstić information content (AvgIpc) is 1.64. The zero-order chi connectivity index (χ0) is 6.73. The minimum atomic E-state index is 0.352. The Balaban J connectivity index is 4.00. The highest BCUT2D eigenvalue weighted by atomic mass is 16.3. The van der Waals surface area contributed by atoms with E-state index in [2.05, 4.69) is 0 Å². The maximum Gasteiger partial charge on any atom is 0.184 e. The molecule has 0 saturated heterocycles. The van der Waals surface area contributed by atoms with Gasteiger partial charge in [-0.25, -0.2) is 0 Å². The van der Waals surface area contributed by atoms with Crippen molar-refractivity contribution in [3.8, 4) is 0 Å². The highest BCUT2D eigenvalue weighted by Gasteiger charge is 1.94. The van der Waals surface area contributed by atoms with Gasteiger partial charge >= 0.3 is 0 Å². The van der Waals surface area contributed by atoms with Crippen molar-refractivity contribution in [3.63, 3.8) is 0 Å². The van der Waals surface area contributed by atoms with Gasteiger partial charge in [-0.2, -0.15) is 0 Å². The molecule has 0 aromatic carbocycles. The Morgan fingerprint density at radius 1 is 1.25 bits per heavy atom. The maximum absolute atomic E-state index is 9.01. The molecule has 0 amide bonds. The largest absolute Gasteiger partial charge is 0.495 e. The van der Waals surface area contributed by atoms with Crippen molar-refractivity contribution in [2.24, 2.45) is 0 Å². The number of hydrogen-bond acceptors (Lipinski definition) is 2. The van der Waals surface area contributed by atoms with E-state index in [1.54, 1.807) is 4.90 Å². The van der Waals surface area contributed by atoms with Crippen LogP contribution in [0.15, 0.2) is 11.5 Å². The van der Waals surface area contributed by atoms with Gasteiger partial charge in [-0.05, 0) is 19.4 Å². The van der Waals surface area contributed by atoms with Gasteiger partial charge in [0.25, 0.3) is 0 Å². The van der Waals surface area contributed by atoms with Crippen LogP contribution in [0.1, 0.15) is 13.8 Å². The average molecular weight is 115 g/mol. The molecule has 0 aliphatic carbocycles. The quantitative estimate of drug-likeness (QED) is 0.521. The molecule has 0 aliphatic heterocycles. The molecule has 0 atom stereocenters. The van der Waals surface area contributed by atoms with Crippen LogP contribution in [-0.4, -0.2) is 24.1 Å². The fourth-order valence-electron chi connectivity index (χ4n) is 0.447. The van der Waals surface area contributed by atoms with E-state index in [4.69, 9.17) is 5.11 Å². The van der Waals surface area contributed by atoms with Crippen LogP contribution in [-0.2, 0) is 0 Å². The Hall–Kier alpha value is -0.660.